The quantitative estimate of drug-likeness (QED) is 0.855. The maximum absolute atomic E-state index is 12.1. The van der Waals surface area contributed by atoms with Gasteiger partial charge in [-0.25, -0.2) is 0 Å². The Labute approximate surface area is 125 Å². The Hall–Kier alpha value is -1.43. The summed E-state index contributed by atoms with van der Waals surface area (Å²) in [6.45, 7) is 3.38. The molecule has 2 unspecified atom stereocenters. The summed E-state index contributed by atoms with van der Waals surface area (Å²) in [6.07, 6.45) is 2.57. The van der Waals surface area contributed by atoms with E-state index in [4.69, 9.17) is 10.5 Å². The standard InChI is InChI=1S/C16H23N3O2/c17-15(12-5-2-1-3-6-12)16(20)18-9-14-10-19-8-4-7-13(19)11-21-14/h1-3,5-6,13-15H,4,7-11,17H2,(H,18,20)/t13?,14?,15-/m0/s1. The highest BCUT2D eigenvalue weighted by Gasteiger charge is 2.32. The third-order valence-electron chi connectivity index (χ3n) is 4.41. The number of carbonyl (C=O) groups excluding carboxylic acids is 1. The summed E-state index contributed by atoms with van der Waals surface area (Å²) in [7, 11) is 0. The number of nitrogens with two attached hydrogens (primary N) is 1. The zero-order valence-electron chi connectivity index (χ0n) is 12.2. The fourth-order valence-corrected chi connectivity index (χ4v) is 3.15. The molecule has 2 aliphatic heterocycles. The molecule has 1 aromatic rings. The molecule has 0 aliphatic carbocycles. The molecule has 3 N–H and O–H groups in total. The normalized spacial score (nSPS) is 27.1. The molecule has 1 amide bonds. The summed E-state index contributed by atoms with van der Waals surface area (Å²) in [5.74, 6) is -0.145. The van der Waals surface area contributed by atoms with Gasteiger partial charge in [-0.05, 0) is 24.9 Å². The Morgan fingerprint density at radius 1 is 1.43 bits per heavy atom. The molecule has 0 radical (unpaired) electrons. The van der Waals surface area contributed by atoms with E-state index in [2.05, 4.69) is 10.2 Å². The van der Waals surface area contributed by atoms with Crippen LogP contribution in [0.25, 0.3) is 0 Å². The van der Waals surface area contributed by atoms with E-state index in [9.17, 15) is 4.79 Å². The number of hydrogen-bond acceptors (Lipinski definition) is 4. The molecular weight excluding hydrogens is 266 g/mol. The lowest BCUT2D eigenvalue weighted by Crippen LogP contribution is -2.50. The molecule has 2 saturated heterocycles. The molecule has 21 heavy (non-hydrogen) atoms. The van der Waals surface area contributed by atoms with Gasteiger partial charge in [0.15, 0.2) is 0 Å². The Morgan fingerprint density at radius 3 is 3.05 bits per heavy atom. The van der Waals surface area contributed by atoms with Crippen LogP contribution in [0.3, 0.4) is 0 Å². The van der Waals surface area contributed by atoms with Crippen LogP contribution in [0.4, 0.5) is 0 Å². The minimum atomic E-state index is -0.616. The largest absolute Gasteiger partial charge is 0.373 e. The fraction of sp³-hybridized carbons (Fsp3) is 0.562. The lowest BCUT2D eigenvalue weighted by molar-refractivity contribution is -0.124. The van der Waals surface area contributed by atoms with Crippen molar-refractivity contribution < 1.29 is 9.53 Å². The molecule has 0 bridgehead atoms. The van der Waals surface area contributed by atoms with Gasteiger partial charge in [0.05, 0.1) is 12.7 Å². The average Bonchev–Trinajstić information content (AvgIpc) is 3.00. The third kappa shape index (κ3) is 3.43. The Balaban J connectivity index is 1.47. The molecule has 2 fully saturated rings. The summed E-state index contributed by atoms with van der Waals surface area (Å²) in [5, 5.41) is 2.91. The smallest absolute Gasteiger partial charge is 0.241 e. The highest BCUT2D eigenvalue weighted by atomic mass is 16.5. The Bertz CT molecular complexity index is 480. The summed E-state index contributed by atoms with van der Waals surface area (Å²) < 4.78 is 5.83. The molecule has 2 heterocycles. The van der Waals surface area contributed by atoms with E-state index >= 15 is 0 Å². The van der Waals surface area contributed by atoms with Crippen molar-refractivity contribution in [2.24, 2.45) is 5.73 Å². The van der Waals surface area contributed by atoms with Gasteiger partial charge in [-0.2, -0.15) is 0 Å². The Kier molecular flexibility index (Phi) is 4.53. The molecule has 5 nitrogen and oxygen atoms in total. The number of benzene rings is 1. The zero-order valence-corrected chi connectivity index (χ0v) is 12.2. The van der Waals surface area contributed by atoms with Crippen LogP contribution in [0.5, 0.6) is 0 Å². The number of morpholine rings is 1. The van der Waals surface area contributed by atoms with Gasteiger partial charge in [-0.1, -0.05) is 30.3 Å². The minimum absolute atomic E-state index is 0.0753. The van der Waals surface area contributed by atoms with E-state index in [0.717, 1.165) is 25.3 Å². The van der Waals surface area contributed by atoms with Crippen LogP contribution in [0, 0.1) is 0 Å². The molecular formula is C16H23N3O2. The number of fused-ring (bicyclic) bond motifs is 1. The molecule has 5 heteroatoms. The summed E-state index contributed by atoms with van der Waals surface area (Å²) in [4.78, 5) is 14.6. The van der Waals surface area contributed by atoms with E-state index in [1.54, 1.807) is 0 Å². The molecule has 0 aromatic heterocycles. The van der Waals surface area contributed by atoms with Crippen molar-refractivity contribution in [3.05, 3.63) is 35.9 Å². The van der Waals surface area contributed by atoms with Gasteiger partial charge in [-0.3, -0.25) is 9.69 Å². The lowest BCUT2D eigenvalue weighted by atomic mass is 10.1. The second kappa shape index (κ2) is 6.56. The monoisotopic (exact) mass is 289 g/mol. The molecule has 0 saturated carbocycles. The van der Waals surface area contributed by atoms with E-state index in [-0.39, 0.29) is 12.0 Å². The van der Waals surface area contributed by atoms with Gasteiger partial charge in [0.25, 0.3) is 0 Å². The number of rotatable bonds is 4. The van der Waals surface area contributed by atoms with Gasteiger partial charge in [0.1, 0.15) is 6.04 Å². The van der Waals surface area contributed by atoms with Crippen molar-refractivity contribution in [1.29, 1.82) is 0 Å². The third-order valence-corrected chi connectivity index (χ3v) is 4.41. The van der Waals surface area contributed by atoms with E-state index in [1.165, 1.54) is 12.8 Å². The minimum Gasteiger partial charge on any atom is -0.373 e. The van der Waals surface area contributed by atoms with E-state index < -0.39 is 6.04 Å². The van der Waals surface area contributed by atoms with Crippen LogP contribution < -0.4 is 11.1 Å². The molecule has 2 aliphatic rings. The van der Waals surface area contributed by atoms with Crippen molar-refractivity contribution in [3.63, 3.8) is 0 Å². The highest BCUT2D eigenvalue weighted by molar-refractivity contribution is 5.82. The summed E-state index contributed by atoms with van der Waals surface area (Å²) in [6, 6.07) is 9.40. The van der Waals surface area contributed by atoms with Crippen molar-refractivity contribution >= 4 is 5.91 Å². The first kappa shape index (κ1) is 14.5. The van der Waals surface area contributed by atoms with Gasteiger partial charge >= 0.3 is 0 Å². The van der Waals surface area contributed by atoms with Crippen LogP contribution in [0.1, 0.15) is 24.4 Å². The van der Waals surface area contributed by atoms with Gasteiger partial charge in [0.2, 0.25) is 5.91 Å². The summed E-state index contributed by atoms with van der Waals surface area (Å²) >= 11 is 0. The zero-order chi connectivity index (χ0) is 14.7. The van der Waals surface area contributed by atoms with Crippen molar-refractivity contribution in [2.75, 3.05) is 26.2 Å². The highest BCUT2D eigenvalue weighted by Crippen LogP contribution is 2.22. The van der Waals surface area contributed by atoms with Crippen molar-refractivity contribution in [2.45, 2.75) is 31.0 Å². The van der Waals surface area contributed by atoms with Crippen LogP contribution in [-0.2, 0) is 9.53 Å². The number of hydrogen-bond donors (Lipinski definition) is 2. The molecule has 0 spiro atoms. The maximum Gasteiger partial charge on any atom is 0.241 e. The molecule has 1 aromatic carbocycles. The van der Waals surface area contributed by atoms with Crippen LogP contribution in [0.2, 0.25) is 0 Å². The van der Waals surface area contributed by atoms with Crippen molar-refractivity contribution in [3.8, 4) is 0 Å². The van der Waals surface area contributed by atoms with Gasteiger partial charge in [-0.15, -0.1) is 0 Å². The number of nitrogens with one attached hydrogen (secondary N) is 1. The van der Waals surface area contributed by atoms with Crippen LogP contribution >= 0.6 is 0 Å². The first-order chi connectivity index (χ1) is 10.2. The van der Waals surface area contributed by atoms with Gasteiger partial charge < -0.3 is 15.8 Å². The first-order valence-corrected chi connectivity index (χ1v) is 7.68. The first-order valence-electron chi connectivity index (χ1n) is 7.68. The van der Waals surface area contributed by atoms with Crippen LogP contribution in [0.15, 0.2) is 30.3 Å². The van der Waals surface area contributed by atoms with Crippen LogP contribution in [-0.4, -0.2) is 49.2 Å². The molecule has 3 atom stereocenters. The summed E-state index contributed by atoms with van der Waals surface area (Å²) in [5.41, 5.74) is 6.81. The van der Waals surface area contributed by atoms with Gasteiger partial charge in [0, 0.05) is 19.1 Å². The second-order valence-corrected chi connectivity index (χ2v) is 5.88. The molecule has 114 valence electrons. The van der Waals surface area contributed by atoms with Crippen molar-refractivity contribution in [1.82, 2.24) is 10.2 Å². The average molecular weight is 289 g/mol. The number of carbonyl (C=O) groups is 1. The second-order valence-electron chi connectivity index (χ2n) is 5.88. The molecule has 3 rings (SSSR count). The topological polar surface area (TPSA) is 67.6 Å². The van der Waals surface area contributed by atoms with E-state index in [1.807, 2.05) is 30.3 Å². The maximum atomic E-state index is 12.1. The predicted octanol–water partition coefficient (Wildman–Crippen LogP) is 0.666. The SMILES string of the molecule is N[C@H](C(=O)NCC1CN2CCCC2CO1)c1ccccc1. The number of ether oxygens (including phenoxy) is 1. The predicted molar refractivity (Wildman–Crippen MR) is 80.7 cm³/mol. The number of amides is 1. The number of nitrogens with zero attached hydrogens (tertiary/aromatic N) is 1. The lowest BCUT2D eigenvalue weighted by Gasteiger charge is -2.35. The Morgan fingerprint density at radius 2 is 2.24 bits per heavy atom. The fourth-order valence-electron chi connectivity index (χ4n) is 3.15. The van der Waals surface area contributed by atoms with E-state index in [0.29, 0.717) is 12.6 Å².